The number of aliphatic imine (C=N–C) groups is 1. The van der Waals surface area contributed by atoms with Crippen LogP contribution in [0.5, 0.6) is 0 Å². The second-order valence-electron chi connectivity index (χ2n) is 6.70. The molecule has 0 aromatic heterocycles. The van der Waals surface area contributed by atoms with Gasteiger partial charge in [0.2, 0.25) is 0 Å². The van der Waals surface area contributed by atoms with Crippen LogP contribution in [-0.2, 0) is 10.2 Å². The van der Waals surface area contributed by atoms with Crippen LogP contribution in [0.4, 0.5) is 0 Å². The molecule has 1 aliphatic rings. The number of morpholine rings is 1. The number of benzene rings is 1. The minimum absolute atomic E-state index is 0.0195. The molecule has 0 aliphatic carbocycles. The van der Waals surface area contributed by atoms with E-state index < -0.39 is 0 Å². The van der Waals surface area contributed by atoms with Crippen LogP contribution < -0.4 is 10.6 Å². The molecule has 0 radical (unpaired) electrons. The van der Waals surface area contributed by atoms with Crippen molar-refractivity contribution in [2.45, 2.75) is 19.3 Å². The van der Waals surface area contributed by atoms with E-state index in [0.29, 0.717) is 0 Å². The topological polar surface area (TPSA) is 48.9 Å². The number of nitrogens with one attached hydrogen (secondary N) is 2. The smallest absolute Gasteiger partial charge is 0.191 e. The fourth-order valence-corrected chi connectivity index (χ4v) is 3.09. The van der Waals surface area contributed by atoms with Crippen molar-refractivity contribution in [3.05, 3.63) is 34.3 Å². The number of ether oxygens (including phenoxy) is 1. The number of nitrogens with zero attached hydrogens (tertiary/aromatic N) is 2. The van der Waals surface area contributed by atoms with E-state index in [1.807, 2.05) is 7.05 Å². The van der Waals surface area contributed by atoms with E-state index in [1.54, 1.807) is 0 Å². The first-order valence-corrected chi connectivity index (χ1v) is 9.31. The van der Waals surface area contributed by atoms with Gasteiger partial charge in [0.1, 0.15) is 0 Å². The van der Waals surface area contributed by atoms with E-state index in [0.717, 1.165) is 56.4 Å². The first-order valence-electron chi connectivity index (χ1n) is 8.52. The van der Waals surface area contributed by atoms with Crippen LogP contribution >= 0.6 is 15.9 Å². The third-order valence-corrected chi connectivity index (χ3v) is 4.84. The molecule has 1 aliphatic heterocycles. The lowest BCUT2D eigenvalue weighted by molar-refractivity contribution is 0.0389. The van der Waals surface area contributed by atoms with Gasteiger partial charge >= 0.3 is 0 Å². The lowest BCUT2D eigenvalue weighted by atomic mass is 9.85. The highest BCUT2D eigenvalue weighted by Crippen LogP contribution is 2.24. The van der Waals surface area contributed by atoms with Crippen molar-refractivity contribution in [1.82, 2.24) is 15.5 Å². The molecule has 2 N–H and O–H groups in total. The van der Waals surface area contributed by atoms with Crippen molar-refractivity contribution >= 4 is 21.9 Å². The Bertz CT molecular complexity index is 542. The van der Waals surface area contributed by atoms with Gasteiger partial charge in [0.15, 0.2) is 5.96 Å². The summed E-state index contributed by atoms with van der Waals surface area (Å²) in [5, 5.41) is 6.85. The second kappa shape index (κ2) is 9.39. The van der Waals surface area contributed by atoms with Crippen molar-refractivity contribution in [3.8, 4) is 0 Å². The SMILES string of the molecule is CN=C(NCCN1CCOCC1)NCC(C)(C)c1cccc(Br)c1. The maximum Gasteiger partial charge on any atom is 0.191 e. The van der Waals surface area contributed by atoms with Crippen molar-refractivity contribution in [2.75, 3.05) is 53.0 Å². The Morgan fingerprint density at radius 2 is 2.04 bits per heavy atom. The molecule has 0 saturated carbocycles. The second-order valence-corrected chi connectivity index (χ2v) is 7.62. The standard InChI is InChI=1S/C18H29BrN4O/c1-18(2,15-5-4-6-16(19)13-15)14-22-17(20-3)21-7-8-23-9-11-24-12-10-23/h4-6,13H,7-12,14H2,1-3H3,(H2,20,21,22). The number of halogens is 1. The number of guanidine groups is 1. The summed E-state index contributed by atoms with van der Waals surface area (Å²) in [4.78, 5) is 6.74. The highest BCUT2D eigenvalue weighted by Gasteiger charge is 2.21. The molecule has 0 bridgehead atoms. The predicted molar refractivity (Wildman–Crippen MR) is 104 cm³/mol. The van der Waals surface area contributed by atoms with E-state index in [2.05, 4.69) is 74.6 Å². The van der Waals surface area contributed by atoms with E-state index in [1.165, 1.54) is 5.56 Å². The molecule has 1 aromatic carbocycles. The summed E-state index contributed by atoms with van der Waals surface area (Å²) in [6.45, 7) is 10.9. The average molecular weight is 397 g/mol. The van der Waals surface area contributed by atoms with Gasteiger partial charge in [0, 0.05) is 49.7 Å². The molecule has 0 spiro atoms. The van der Waals surface area contributed by atoms with E-state index in [-0.39, 0.29) is 5.41 Å². The van der Waals surface area contributed by atoms with Crippen LogP contribution in [0.15, 0.2) is 33.7 Å². The van der Waals surface area contributed by atoms with Crippen molar-refractivity contribution in [3.63, 3.8) is 0 Å². The number of hydrogen-bond donors (Lipinski definition) is 2. The monoisotopic (exact) mass is 396 g/mol. The molecule has 0 amide bonds. The van der Waals surface area contributed by atoms with Gasteiger partial charge in [-0.15, -0.1) is 0 Å². The molecule has 6 heteroatoms. The summed E-state index contributed by atoms with van der Waals surface area (Å²) >= 11 is 3.55. The Morgan fingerprint density at radius 1 is 1.29 bits per heavy atom. The van der Waals surface area contributed by atoms with E-state index in [4.69, 9.17) is 4.74 Å². The third kappa shape index (κ3) is 6.07. The molecule has 2 rings (SSSR count). The maximum absolute atomic E-state index is 5.37. The summed E-state index contributed by atoms with van der Waals surface area (Å²) in [7, 11) is 1.82. The Hall–Kier alpha value is -1.11. The minimum Gasteiger partial charge on any atom is -0.379 e. The van der Waals surface area contributed by atoms with Gasteiger partial charge in [0.25, 0.3) is 0 Å². The molecular weight excluding hydrogens is 368 g/mol. The zero-order valence-electron chi connectivity index (χ0n) is 14.9. The summed E-state index contributed by atoms with van der Waals surface area (Å²) in [5.74, 6) is 0.853. The first kappa shape index (κ1) is 19.2. The summed E-state index contributed by atoms with van der Waals surface area (Å²) < 4.78 is 6.49. The fourth-order valence-electron chi connectivity index (χ4n) is 2.69. The summed E-state index contributed by atoms with van der Waals surface area (Å²) in [5.41, 5.74) is 1.32. The minimum atomic E-state index is 0.0195. The van der Waals surface area contributed by atoms with Crippen LogP contribution in [0, 0.1) is 0 Å². The normalized spacial score (nSPS) is 16.9. The van der Waals surface area contributed by atoms with Crippen LogP contribution in [-0.4, -0.2) is 63.8 Å². The Labute approximate surface area is 154 Å². The Morgan fingerprint density at radius 3 is 2.71 bits per heavy atom. The third-order valence-electron chi connectivity index (χ3n) is 4.35. The Kier molecular flexibility index (Phi) is 7.52. The van der Waals surface area contributed by atoms with Crippen molar-refractivity contribution in [1.29, 1.82) is 0 Å². The molecule has 1 aromatic rings. The molecule has 0 unspecified atom stereocenters. The van der Waals surface area contributed by atoms with E-state index >= 15 is 0 Å². The van der Waals surface area contributed by atoms with Crippen molar-refractivity contribution < 1.29 is 4.74 Å². The molecule has 5 nitrogen and oxygen atoms in total. The molecular formula is C18H29BrN4O. The van der Waals surface area contributed by atoms with Crippen LogP contribution in [0.1, 0.15) is 19.4 Å². The lowest BCUT2D eigenvalue weighted by Gasteiger charge is -2.28. The van der Waals surface area contributed by atoms with Gasteiger partial charge in [-0.25, -0.2) is 0 Å². The van der Waals surface area contributed by atoms with Crippen LogP contribution in [0.25, 0.3) is 0 Å². The van der Waals surface area contributed by atoms with Crippen molar-refractivity contribution in [2.24, 2.45) is 4.99 Å². The van der Waals surface area contributed by atoms with Gasteiger partial charge in [-0.05, 0) is 17.7 Å². The zero-order valence-corrected chi connectivity index (χ0v) is 16.5. The van der Waals surface area contributed by atoms with Gasteiger partial charge in [-0.2, -0.15) is 0 Å². The molecule has 1 fully saturated rings. The molecule has 1 saturated heterocycles. The molecule has 0 atom stereocenters. The van der Waals surface area contributed by atoms with Crippen LogP contribution in [0.2, 0.25) is 0 Å². The van der Waals surface area contributed by atoms with Gasteiger partial charge in [-0.3, -0.25) is 9.89 Å². The highest BCUT2D eigenvalue weighted by atomic mass is 79.9. The number of hydrogen-bond acceptors (Lipinski definition) is 3. The Balaban J connectivity index is 1.77. The quantitative estimate of drug-likeness (QED) is 0.571. The molecule has 1 heterocycles. The maximum atomic E-state index is 5.37. The van der Waals surface area contributed by atoms with Gasteiger partial charge in [-0.1, -0.05) is 41.9 Å². The number of rotatable bonds is 6. The molecule has 24 heavy (non-hydrogen) atoms. The zero-order chi connectivity index (χ0) is 17.4. The predicted octanol–water partition coefficient (Wildman–Crippen LogP) is 2.22. The lowest BCUT2D eigenvalue weighted by Crippen LogP contribution is -2.46. The van der Waals surface area contributed by atoms with Gasteiger partial charge in [0.05, 0.1) is 13.2 Å². The summed E-state index contributed by atoms with van der Waals surface area (Å²) in [6.07, 6.45) is 0. The fraction of sp³-hybridized carbons (Fsp3) is 0.611. The van der Waals surface area contributed by atoms with Gasteiger partial charge < -0.3 is 15.4 Å². The highest BCUT2D eigenvalue weighted by molar-refractivity contribution is 9.10. The summed E-state index contributed by atoms with van der Waals surface area (Å²) in [6, 6.07) is 8.48. The van der Waals surface area contributed by atoms with E-state index in [9.17, 15) is 0 Å². The largest absolute Gasteiger partial charge is 0.379 e. The molecule has 134 valence electrons. The first-order chi connectivity index (χ1) is 11.5. The average Bonchev–Trinajstić information content (AvgIpc) is 2.59. The van der Waals surface area contributed by atoms with Crippen LogP contribution in [0.3, 0.4) is 0 Å².